The molecule has 0 fully saturated rings. The Kier molecular flexibility index (Phi) is 4.30. The number of nitrogens with one attached hydrogen (secondary N) is 2. The molecule has 1 amide bonds. The molecule has 2 N–H and O–H groups in total. The van der Waals surface area contributed by atoms with E-state index < -0.39 is 0 Å². The van der Waals surface area contributed by atoms with Crippen LogP contribution in [0.1, 0.15) is 10.6 Å². The van der Waals surface area contributed by atoms with Crippen LogP contribution < -0.4 is 10.6 Å². The molecule has 2 rings (SSSR count). The summed E-state index contributed by atoms with van der Waals surface area (Å²) in [6.07, 6.45) is 0. The highest BCUT2D eigenvalue weighted by Crippen LogP contribution is 2.11. The molecule has 4 nitrogen and oxygen atoms in total. The van der Waals surface area contributed by atoms with Crippen molar-refractivity contribution in [2.75, 3.05) is 11.9 Å². The van der Waals surface area contributed by atoms with E-state index in [1.807, 2.05) is 37.3 Å². The summed E-state index contributed by atoms with van der Waals surface area (Å²) >= 11 is 1.56. The van der Waals surface area contributed by atoms with E-state index in [1.54, 1.807) is 16.8 Å². The Balaban J connectivity index is 1.75. The van der Waals surface area contributed by atoms with Gasteiger partial charge in [0.2, 0.25) is 5.91 Å². The second kappa shape index (κ2) is 6.16. The number of rotatable bonds is 5. The molecule has 0 unspecified atom stereocenters. The van der Waals surface area contributed by atoms with Crippen molar-refractivity contribution in [1.29, 1.82) is 0 Å². The third kappa shape index (κ3) is 3.56. The van der Waals surface area contributed by atoms with Crippen LogP contribution in [0, 0.1) is 6.92 Å². The van der Waals surface area contributed by atoms with Crippen molar-refractivity contribution in [2.45, 2.75) is 13.5 Å². The third-order valence-electron chi connectivity index (χ3n) is 2.52. The average Bonchev–Trinajstić information content (AvgIpc) is 2.81. The van der Waals surface area contributed by atoms with Crippen LogP contribution in [-0.2, 0) is 11.3 Å². The van der Waals surface area contributed by atoms with Gasteiger partial charge in [0, 0.05) is 10.6 Å². The maximum atomic E-state index is 11.6. The number of hydrogen-bond donors (Lipinski definition) is 2. The van der Waals surface area contributed by atoms with Crippen molar-refractivity contribution in [3.05, 3.63) is 46.4 Å². The molecule has 0 bridgehead atoms. The average molecular weight is 261 g/mol. The summed E-state index contributed by atoms with van der Waals surface area (Å²) in [6.45, 7) is 2.77. The van der Waals surface area contributed by atoms with Crippen LogP contribution in [0.5, 0.6) is 0 Å². The molecular formula is C13H15N3OS. The molecule has 2 aromatic rings. The molecule has 0 atom stereocenters. The Hall–Kier alpha value is -1.88. The number of carbonyl (C=O) groups excluding carboxylic acids is 1. The van der Waals surface area contributed by atoms with E-state index in [9.17, 15) is 4.79 Å². The zero-order chi connectivity index (χ0) is 12.8. The zero-order valence-electron chi connectivity index (χ0n) is 10.1. The number of aryl methyl sites for hydroxylation is 1. The van der Waals surface area contributed by atoms with Gasteiger partial charge in [0.25, 0.3) is 0 Å². The van der Waals surface area contributed by atoms with Crippen LogP contribution in [-0.4, -0.2) is 17.4 Å². The minimum atomic E-state index is -0.0216. The highest BCUT2D eigenvalue weighted by atomic mass is 32.1. The van der Waals surface area contributed by atoms with Gasteiger partial charge in [-0.2, -0.15) is 0 Å². The first kappa shape index (κ1) is 12.6. The van der Waals surface area contributed by atoms with Crippen molar-refractivity contribution >= 4 is 22.9 Å². The summed E-state index contributed by atoms with van der Waals surface area (Å²) in [6, 6.07) is 9.67. The first-order chi connectivity index (χ1) is 8.75. The van der Waals surface area contributed by atoms with E-state index in [0.29, 0.717) is 6.54 Å². The normalized spacial score (nSPS) is 10.1. The molecule has 18 heavy (non-hydrogen) atoms. The summed E-state index contributed by atoms with van der Waals surface area (Å²) in [5.74, 6) is -0.0216. The summed E-state index contributed by atoms with van der Waals surface area (Å²) in [7, 11) is 0. The number of amides is 1. The molecular weight excluding hydrogens is 246 g/mol. The van der Waals surface area contributed by atoms with Gasteiger partial charge in [0.15, 0.2) is 0 Å². The van der Waals surface area contributed by atoms with Gasteiger partial charge in [-0.1, -0.05) is 18.2 Å². The lowest BCUT2D eigenvalue weighted by Crippen LogP contribution is -2.29. The number of anilines is 1. The lowest BCUT2D eigenvalue weighted by molar-refractivity contribution is -0.119. The standard InChI is InChI=1S/C13H15N3OS/c1-10-12(18-9-16-10)7-15-13(17)8-14-11-5-3-2-4-6-11/h2-6,9,14H,7-8H2,1H3,(H,15,17). The summed E-state index contributed by atoms with van der Waals surface area (Å²) < 4.78 is 0. The summed E-state index contributed by atoms with van der Waals surface area (Å²) in [5.41, 5.74) is 3.72. The van der Waals surface area contributed by atoms with Gasteiger partial charge in [-0.05, 0) is 19.1 Å². The Morgan fingerprint density at radius 3 is 2.78 bits per heavy atom. The van der Waals surface area contributed by atoms with Crippen LogP contribution in [0.2, 0.25) is 0 Å². The van der Waals surface area contributed by atoms with Crippen molar-refractivity contribution < 1.29 is 4.79 Å². The molecule has 1 heterocycles. The first-order valence-electron chi connectivity index (χ1n) is 5.70. The number of carbonyl (C=O) groups is 1. The van der Waals surface area contributed by atoms with E-state index in [0.717, 1.165) is 16.3 Å². The van der Waals surface area contributed by atoms with E-state index >= 15 is 0 Å². The van der Waals surface area contributed by atoms with Crippen LogP contribution in [0.3, 0.4) is 0 Å². The minimum absolute atomic E-state index is 0.0216. The topological polar surface area (TPSA) is 54.0 Å². The Labute approximate surface area is 110 Å². The SMILES string of the molecule is Cc1ncsc1CNC(=O)CNc1ccccc1. The molecule has 1 aromatic carbocycles. The number of thiazole rings is 1. The van der Waals surface area contributed by atoms with Gasteiger partial charge in [-0.3, -0.25) is 4.79 Å². The molecule has 94 valence electrons. The van der Waals surface area contributed by atoms with Crippen LogP contribution in [0.15, 0.2) is 35.8 Å². The van der Waals surface area contributed by atoms with Gasteiger partial charge in [0.1, 0.15) is 0 Å². The second-order valence-electron chi connectivity index (χ2n) is 3.86. The number of benzene rings is 1. The number of para-hydroxylation sites is 1. The van der Waals surface area contributed by atoms with Crippen LogP contribution in [0.25, 0.3) is 0 Å². The lowest BCUT2D eigenvalue weighted by atomic mass is 10.3. The summed E-state index contributed by atoms with van der Waals surface area (Å²) in [4.78, 5) is 16.9. The van der Waals surface area contributed by atoms with Crippen molar-refractivity contribution in [2.24, 2.45) is 0 Å². The van der Waals surface area contributed by atoms with Gasteiger partial charge < -0.3 is 10.6 Å². The number of nitrogens with zero attached hydrogens (tertiary/aromatic N) is 1. The fraction of sp³-hybridized carbons (Fsp3) is 0.231. The smallest absolute Gasteiger partial charge is 0.239 e. The van der Waals surface area contributed by atoms with Gasteiger partial charge in [-0.25, -0.2) is 4.98 Å². The van der Waals surface area contributed by atoms with Gasteiger partial charge >= 0.3 is 0 Å². The fourth-order valence-electron chi connectivity index (χ4n) is 1.48. The quantitative estimate of drug-likeness (QED) is 0.867. The largest absolute Gasteiger partial charge is 0.376 e. The van der Waals surface area contributed by atoms with Crippen LogP contribution in [0.4, 0.5) is 5.69 Å². The lowest BCUT2D eigenvalue weighted by Gasteiger charge is -2.07. The molecule has 0 aliphatic carbocycles. The fourth-order valence-corrected chi connectivity index (χ4v) is 2.19. The number of hydrogen-bond acceptors (Lipinski definition) is 4. The predicted molar refractivity (Wildman–Crippen MR) is 73.6 cm³/mol. The van der Waals surface area contributed by atoms with Gasteiger partial charge in [0.05, 0.1) is 24.3 Å². The molecule has 0 radical (unpaired) electrons. The van der Waals surface area contributed by atoms with Crippen molar-refractivity contribution in [3.63, 3.8) is 0 Å². The maximum Gasteiger partial charge on any atom is 0.239 e. The summed E-state index contributed by atoms with van der Waals surface area (Å²) in [5, 5.41) is 5.93. The molecule has 5 heteroatoms. The monoisotopic (exact) mass is 261 g/mol. The van der Waals surface area contributed by atoms with E-state index in [2.05, 4.69) is 15.6 Å². The molecule has 0 saturated heterocycles. The van der Waals surface area contributed by atoms with E-state index in [4.69, 9.17) is 0 Å². The Morgan fingerprint density at radius 2 is 2.11 bits per heavy atom. The van der Waals surface area contributed by atoms with E-state index in [-0.39, 0.29) is 12.5 Å². The third-order valence-corrected chi connectivity index (χ3v) is 3.45. The highest BCUT2D eigenvalue weighted by molar-refractivity contribution is 7.09. The highest BCUT2D eigenvalue weighted by Gasteiger charge is 2.04. The molecule has 0 spiro atoms. The Bertz CT molecular complexity index is 510. The van der Waals surface area contributed by atoms with E-state index in [1.165, 1.54) is 0 Å². The maximum absolute atomic E-state index is 11.6. The molecule has 0 saturated carbocycles. The zero-order valence-corrected chi connectivity index (χ0v) is 11.0. The molecule has 0 aliphatic rings. The second-order valence-corrected chi connectivity index (χ2v) is 4.80. The number of aromatic nitrogens is 1. The minimum Gasteiger partial charge on any atom is -0.376 e. The van der Waals surface area contributed by atoms with Gasteiger partial charge in [-0.15, -0.1) is 11.3 Å². The molecule has 0 aliphatic heterocycles. The van der Waals surface area contributed by atoms with Crippen LogP contribution >= 0.6 is 11.3 Å². The first-order valence-corrected chi connectivity index (χ1v) is 6.58. The predicted octanol–water partition coefficient (Wildman–Crippen LogP) is 2.18. The molecule has 1 aromatic heterocycles. The Morgan fingerprint density at radius 1 is 1.33 bits per heavy atom. The van der Waals surface area contributed by atoms with Crippen molar-refractivity contribution in [3.8, 4) is 0 Å². The van der Waals surface area contributed by atoms with Crippen molar-refractivity contribution in [1.82, 2.24) is 10.3 Å².